The van der Waals surface area contributed by atoms with Crippen LogP contribution in [0.1, 0.15) is 27.8 Å². The Bertz CT molecular complexity index is 1430. The number of nitrogens with one attached hydrogen (secondary N) is 1. The SMILES string of the molecule is COc1ccc(/C=C/C(=O)Nc2c(C#N)cnn2-c2cc(C)c3cc(C)cc(C)c3n2)cc1. The number of nitriles is 1. The van der Waals surface area contributed by atoms with E-state index in [-0.39, 0.29) is 17.3 Å². The van der Waals surface area contributed by atoms with Crippen LogP contribution in [0.3, 0.4) is 0 Å². The summed E-state index contributed by atoms with van der Waals surface area (Å²) < 4.78 is 6.63. The number of pyridine rings is 1. The molecule has 33 heavy (non-hydrogen) atoms. The molecule has 164 valence electrons. The van der Waals surface area contributed by atoms with E-state index in [1.54, 1.807) is 13.2 Å². The summed E-state index contributed by atoms with van der Waals surface area (Å²) in [6, 6.07) is 15.5. The average Bonchev–Trinajstić information content (AvgIpc) is 3.21. The third-order valence-corrected chi connectivity index (χ3v) is 5.33. The smallest absolute Gasteiger partial charge is 0.249 e. The fourth-order valence-electron chi connectivity index (χ4n) is 3.71. The molecule has 2 aromatic heterocycles. The summed E-state index contributed by atoms with van der Waals surface area (Å²) in [6.07, 6.45) is 4.52. The van der Waals surface area contributed by atoms with Crippen molar-refractivity contribution in [3.63, 3.8) is 0 Å². The van der Waals surface area contributed by atoms with E-state index in [9.17, 15) is 10.1 Å². The molecule has 1 amide bonds. The van der Waals surface area contributed by atoms with Gasteiger partial charge in [0, 0.05) is 11.5 Å². The molecule has 7 heteroatoms. The summed E-state index contributed by atoms with van der Waals surface area (Å²) in [6.45, 7) is 6.08. The molecule has 4 rings (SSSR count). The second kappa shape index (κ2) is 8.97. The van der Waals surface area contributed by atoms with Crippen LogP contribution in [0.2, 0.25) is 0 Å². The quantitative estimate of drug-likeness (QED) is 0.449. The van der Waals surface area contributed by atoms with Gasteiger partial charge in [0.05, 0.1) is 18.8 Å². The van der Waals surface area contributed by atoms with Crippen LogP contribution < -0.4 is 10.1 Å². The molecule has 0 saturated heterocycles. The zero-order valence-electron chi connectivity index (χ0n) is 18.9. The second-order valence-electron chi connectivity index (χ2n) is 7.80. The number of hydrogen-bond acceptors (Lipinski definition) is 5. The normalized spacial score (nSPS) is 11.0. The minimum Gasteiger partial charge on any atom is -0.497 e. The third kappa shape index (κ3) is 4.46. The fraction of sp³-hybridized carbons (Fsp3) is 0.154. The van der Waals surface area contributed by atoms with Crippen molar-refractivity contribution in [2.45, 2.75) is 20.8 Å². The van der Waals surface area contributed by atoms with Crippen molar-refractivity contribution in [3.8, 4) is 17.6 Å². The standard InChI is InChI=1S/C26H23N5O2/c1-16-11-18(3)25-22(12-16)17(2)13-23(29-25)31-26(20(14-27)15-28-31)30-24(32)10-7-19-5-8-21(33-4)9-6-19/h5-13,15H,1-4H3,(H,30,32)/b10-7+. The van der Waals surface area contributed by atoms with Crippen LogP contribution in [0, 0.1) is 32.1 Å². The molecule has 0 spiro atoms. The van der Waals surface area contributed by atoms with E-state index in [2.05, 4.69) is 35.5 Å². The summed E-state index contributed by atoms with van der Waals surface area (Å²) in [5, 5.41) is 17.7. The minimum absolute atomic E-state index is 0.251. The molecule has 0 aliphatic carbocycles. The van der Waals surface area contributed by atoms with Crippen LogP contribution in [-0.2, 0) is 4.79 Å². The van der Waals surface area contributed by atoms with Crippen LogP contribution in [0.5, 0.6) is 5.75 Å². The lowest BCUT2D eigenvalue weighted by molar-refractivity contribution is -0.111. The largest absolute Gasteiger partial charge is 0.497 e. The highest BCUT2D eigenvalue weighted by molar-refractivity contribution is 6.02. The molecular formula is C26H23N5O2. The number of ether oxygens (including phenoxy) is 1. The fourth-order valence-corrected chi connectivity index (χ4v) is 3.71. The van der Waals surface area contributed by atoms with E-state index >= 15 is 0 Å². The number of rotatable bonds is 5. The Kier molecular flexibility index (Phi) is 5.92. The van der Waals surface area contributed by atoms with Crippen molar-refractivity contribution < 1.29 is 9.53 Å². The Morgan fingerprint density at radius 2 is 1.88 bits per heavy atom. The molecule has 2 heterocycles. The van der Waals surface area contributed by atoms with Crippen LogP contribution in [0.15, 0.2) is 54.7 Å². The zero-order valence-corrected chi connectivity index (χ0v) is 18.9. The van der Waals surface area contributed by atoms with Gasteiger partial charge in [0.1, 0.15) is 17.4 Å². The van der Waals surface area contributed by atoms with Gasteiger partial charge in [0.25, 0.3) is 0 Å². The Morgan fingerprint density at radius 1 is 1.12 bits per heavy atom. The van der Waals surface area contributed by atoms with Crippen LogP contribution >= 0.6 is 0 Å². The number of nitrogens with zero attached hydrogens (tertiary/aromatic N) is 4. The molecule has 0 radical (unpaired) electrons. The van der Waals surface area contributed by atoms with Crippen LogP contribution in [0.4, 0.5) is 5.82 Å². The molecule has 2 aromatic carbocycles. The predicted molar refractivity (Wildman–Crippen MR) is 128 cm³/mol. The van der Waals surface area contributed by atoms with E-state index in [1.165, 1.54) is 22.5 Å². The Morgan fingerprint density at radius 3 is 2.58 bits per heavy atom. The number of aryl methyl sites for hydroxylation is 3. The highest BCUT2D eigenvalue weighted by Crippen LogP contribution is 2.26. The first-order chi connectivity index (χ1) is 15.9. The predicted octanol–water partition coefficient (Wildman–Crippen LogP) is 4.88. The molecule has 0 saturated carbocycles. The Hall–Kier alpha value is -4.44. The summed E-state index contributed by atoms with van der Waals surface area (Å²) in [5.41, 5.74) is 5.21. The number of carbonyl (C=O) groups excluding carboxylic acids is 1. The van der Waals surface area contributed by atoms with Crippen molar-refractivity contribution in [1.82, 2.24) is 14.8 Å². The maximum absolute atomic E-state index is 12.6. The first-order valence-electron chi connectivity index (χ1n) is 10.4. The van der Waals surface area contributed by atoms with Crippen molar-refractivity contribution in [2.75, 3.05) is 12.4 Å². The summed E-state index contributed by atoms with van der Waals surface area (Å²) in [4.78, 5) is 17.4. The summed E-state index contributed by atoms with van der Waals surface area (Å²) in [7, 11) is 1.60. The van der Waals surface area contributed by atoms with Gasteiger partial charge >= 0.3 is 0 Å². The van der Waals surface area contributed by atoms with Gasteiger partial charge in [-0.15, -0.1) is 0 Å². The maximum Gasteiger partial charge on any atom is 0.249 e. The lowest BCUT2D eigenvalue weighted by Gasteiger charge is -2.12. The van der Waals surface area contributed by atoms with Crippen molar-refractivity contribution in [3.05, 3.63) is 82.6 Å². The van der Waals surface area contributed by atoms with E-state index in [1.807, 2.05) is 44.2 Å². The van der Waals surface area contributed by atoms with Crippen molar-refractivity contribution in [2.24, 2.45) is 0 Å². The molecule has 4 aromatic rings. The molecule has 0 bridgehead atoms. The third-order valence-electron chi connectivity index (χ3n) is 5.33. The Balaban J connectivity index is 1.67. The highest BCUT2D eigenvalue weighted by Gasteiger charge is 2.16. The molecule has 7 nitrogen and oxygen atoms in total. The van der Waals surface area contributed by atoms with E-state index in [0.29, 0.717) is 5.82 Å². The number of amides is 1. The van der Waals surface area contributed by atoms with E-state index in [4.69, 9.17) is 9.72 Å². The van der Waals surface area contributed by atoms with Crippen LogP contribution in [0.25, 0.3) is 22.8 Å². The molecular weight excluding hydrogens is 414 g/mol. The van der Waals surface area contributed by atoms with E-state index in [0.717, 1.165) is 33.3 Å². The lowest BCUT2D eigenvalue weighted by atomic mass is 10.0. The number of benzene rings is 2. The van der Waals surface area contributed by atoms with Crippen molar-refractivity contribution >= 4 is 28.7 Å². The van der Waals surface area contributed by atoms with Gasteiger partial charge in [-0.1, -0.05) is 23.8 Å². The van der Waals surface area contributed by atoms with Gasteiger partial charge in [-0.25, -0.2) is 4.98 Å². The number of aromatic nitrogens is 3. The van der Waals surface area contributed by atoms with Gasteiger partial charge in [-0.3, -0.25) is 4.79 Å². The molecule has 0 fully saturated rings. The first-order valence-corrected chi connectivity index (χ1v) is 10.4. The number of carbonyl (C=O) groups is 1. The molecule has 0 atom stereocenters. The van der Waals surface area contributed by atoms with Gasteiger partial charge in [0.15, 0.2) is 11.6 Å². The zero-order chi connectivity index (χ0) is 23.5. The summed E-state index contributed by atoms with van der Waals surface area (Å²) >= 11 is 0. The number of methoxy groups -OCH3 is 1. The monoisotopic (exact) mass is 437 g/mol. The average molecular weight is 438 g/mol. The van der Waals surface area contributed by atoms with Gasteiger partial charge in [-0.2, -0.15) is 15.0 Å². The minimum atomic E-state index is -0.381. The topological polar surface area (TPSA) is 92.8 Å². The van der Waals surface area contributed by atoms with Crippen molar-refractivity contribution in [1.29, 1.82) is 5.26 Å². The lowest BCUT2D eigenvalue weighted by Crippen LogP contribution is -2.14. The van der Waals surface area contributed by atoms with Gasteiger partial charge in [-0.05, 0) is 67.8 Å². The number of hydrogen-bond donors (Lipinski definition) is 1. The number of anilines is 1. The molecule has 0 aliphatic heterocycles. The second-order valence-corrected chi connectivity index (χ2v) is 7.80. The maximum atomic E-state index is 12.6. The van der Waals surface area contributed by atoms with E-state index < -0.39 is 0 Å². The summed E-state index contributed by atoms with van der Waals surface area (Å²) in [5.74, 6) is 1.16. The van der Waals surface area contributed by atoms with Crippen LogP contribution in [-0.4, -0.2) is 27.8 Å². The molecule has 0 unspecified atom stereocenters. The highest BCUT2D eigenvalue weighted by atomic mass is 16.5. The van der Waals surface area contributed by atoms with Gasteiger partial charge < -0.3 is 10.1 Å². The molecule has 1 N–H and O–H groups in total. The Labute approximate surface area is 192 Å². The molecule has 0 aliphatic rings. The first kappa shape index (κ1) is 21.8. The van der Waals surface area contributed by atoms with Gasteiger partial charge in [0.2, 0.25) is 5.91 Å². The number of fused-ring (bicyclic) bond motifs is 1.